The van der Waals surface area contributed by atoms with Crippen molar-refractivity contribution >= 4 is 30.7 Å². The lowest BCUT2D eigenvalue weighted by Gasteiger charge is -2.37. The Balaban J connectivity index is 0.00000220. The van der Waals surface area contributed by atoms with Gasteiger partial charge in [0.1, 0.15) is 0 Å². The highest BCUT2D eigenvalue weighted by Crippen LogP contribution is 2.25. The van der Waals surface area contributed by atoms with E-state index in [1.807, 2.05) is 0 Å². The Morgan fingerprint density at radius 1 is 1.23 bits per heavy atom. The van der Waals surface area contributed by atoms with Crippen molar-refractivity contribution in [2.24, 2.45) is 11.8 Å². The van der Waals surface area contributed by atoms with Gasteiger partial charge in [0, 0.05) is 25.6 Å². The Labute approximate surface area is 148 Å². The van der Waals surface area contributed by atoms with E-state index in [4.69, 9.17) is 0 Å². The van der Waals surface area contributed by atoms with Crippen LogP contribution in [0.3, 0.4) is 0 Å². The van der Waals surface area contributed by atoms with Crippen molar-refractivity contribution in [1.82, 2.24) is 15.1 Å². The van der Waals surface area contributed by atoms with E-state index < -0.39 is 0 Å². The minimum Gasteiger partial charge on any atom is -0.341 e. The summed E-state index contributed by atoms with van der Waals surface area (Å²) in [5.41, 5.74) is 0. The molecule has 2 aliphatic rings. The maximum atomic E-state index is 12.5. The molecule has 0 spiro atoms. The predicted octanol–water partition coefficient (Wildman–Crippen LogP) is 2.41. The number of nitrogens with one attached hydrogen (secondary N) is 1. The Bertz CT molecular complexity index is 323. The van der Waals surface area contributed by atoms with Crippen LogP contribution in [0, 0.1) is 11.8 Å². The number of hydrogen-bond acceptors (Lipinski definition) is 3. The molecule has 132 valence electrons. The Morgan fingerprint density at radius 3 is 2.45 bits per heavy atom. The zero-order valence-corrected chi connectivity index (χ0v) is 15.8. The number of carbonyl (C=O) groups is 1. The van der Waals surface area contributed by atoms with Crippen molar-refractivity contribution in [1.29, 1.82) is 0 Å². The van der Waals surface area contributed by atoms with Crippen molar-refractivity contribution in [2.45, 2.75) is 45.1 Å². The average molecular weight is 354 g/mol. The van der Waals surface area contributed by atoms with Gasteiger partial charge in [-0.05, 0) is 64.7 Å². The second-order valence-corrected chi connectivity index (χ2v) is 6.87. The van der Waals surface area contributed by atoms with Crippen molar-refractivity contribution in [3.8, 4) is 0 Å². The van der Waals surface area contributed by atoms with Gasteiger partial charge in [-0.2, -0.15) is 0 Å². The van der Waals surface area contributed by atoms with Gasteiger partial charge in [0.05, 0.1) is 0 Å². The smallest absolute Gasteiger partial charge is 0.222 e. The van der Waals surface area contributed by atoms with Crippen LogP contribution in [0.25, 0.3) is 0 Å². The first-order valence-corrected chi connectivity index (χ1v) is 8.23. The van der Waals surface area contributed by atoms with Crippen LogP contribution in [0.5, 0.6) is 0 Å². The molecule has 1 N–H and O–H groups in total. The van der Waals surface area contributed by atoms with Gasteiger partial charge in [0.2, 0.25) is 5.91 Å². The van der Waals surface area contributed by atoms with Crippen LogP contribution in [-0.2, 0) is 4.79 Å². The van der Waals surface area contributed by atoms with E-state index in [0.717, 1.165) is 44.9 Å². The molecule has 0 aromatic rings. The molecule has 2 heterocycles. The molecule has 4 nitrogen and oxygen atoms in total. The van der Waals surface area contributed by atoms with E-state index in [-0.39, 0.29) is 24.8 Å². The highest BCUT2D eigenvalue weighted by Gasteiger charge is 2.28. The fourth-order valence-corrected chi connectivity index (χ4v) is 3.59. The largest absolute Gasteiger partial charge is 0.341 e. The predicted molar refractivity (Wildman–Crippen MR) is 97.2 cm³/mol. The summed E-state index contributed by atoms with van der Waals surface area (Å²) in [4.78, 5) is 16.9. The molecule has 6 heteroatoms. The zero-order chi connectivity index (χ0) is 14.5. The van der Waals surface area contributed by atoms with Crippen molar-refractivity contribution < 1.29 is 4.79 Å². The Hall–Kier alpha value is -0.0300. The summed E-state index contributed by atoms with van der Waals surface area (Å²) in [6, 6.07) is 0.543. The van der Waals surface area contributed by atoms with Gasteiger partial charge >= 0.3 is 0 Å². The molecule has 1 amide bonds. The molecule has 2 saturated heterocycles. The molecule has 22 heavy (non-hydrogen) atoms. The topological polar surface area (TPSA) is 35.6 Å². The first-order chi connectivity index (χ1) is 9.58. The molecule has 2 fully saturated rings. The van der Waals surface area contributed by atoms with Crippen LogP contribution in [0.1, 0.15) is 39.0 Å². The molecule has 2 rings (SSSR count). The second kappa shape index (κ2) is 10.7. The number of hydrogen-bond donors (Lipinski definition) is 1. The third kappa shape index (κ3) is 6.23. The molecule has 0 aliphatic carbocycles. The fourth-order valence-electron chi connectivity index (χ4n) is 3.59. The lowest BCUT2D eigenvalue weighted by atomic mass is 9.84. The molecular weight excluding hydrogens is 321 g/mol. The van der Waals surface area contributed by atoms with Crippen LogP contribution in [0.15, 0.2) is 0 Å². The standard InChI is InChI=1S/C16H31N3O.2ClH/c1-13(14-6-8-17-9-7-14)11-16(20)19-10-4-5-15(12-19)18(2)3;;/h13-15,17H,4-12H2,1-3H3;2*1H. The molecule has 0 aromatic heterocycles. The summed E-state index contributed by atoms with van der Waals surface area (Å²) < 4.78 is 0. The maximum absolute atomic E-state index is 12.5. The third-order valence-corrected chi connectivity index (χ3v) is 5.16. The summed E-state index contributed by atoms with van der Waals surface area (Å²) in [7, 11) is 4.24. The van der Waals surface area contributed by atoms with Crippen molar-refractivity contribution in [3.05, 3.63) is 0 Å². The molecule has 2 atom stereocenters. The van der Waals surface area contributed by atoms with Gasteiger partial charge in [0.15, 0.2) is 0 Å². The summed E-state index contributed by atoms with van der Waals surface area (Å²) in [5.74, 6) is 1.64. The van der Waals surface area contributed by atoms with Crippen LogP contribution in [0.2, 0.25) is 0 Å². The number of likely N-dealkylation sites (N-methyl/N-ethyl adjacent to an activating group) is 1. The van der Waals surface area contributed by atoms with Crippen LogP contribution < -0.4 is 5.32 Å². The third-order valence-electron chi connectivity index (χ3n) is 5.16. The SMILES string of the molecule is CC(CC(=O)N1CCCC(N(C)C)C1)C1CCNCC1.Cl.Cl. The van der Waals surface area contributed by atoms with Gasteiger partial charge in [-0.15, -0.1) is 24.8 Å². The molecule has 0 aromatic carbocycles. The minimum atomic E-state index is 0. The number of halogens is 2. The first kappa shape index (κ1) is 22.0. The normalized spacial score (nSPS) is 24.4. The highest BCUT2D eigenvalue weighted by molar-refractivity contribution is 5.85. The Morgan fingerprint density at radius 2 is 1.86 bits per heavy atom. The summed E-state index contributed by atoms with van der Waals surface area (Å²) in [5, 5.41) is 3.40. The lowest BCUT2D eigenvalue weighted by Crippen LogP contribution is -2.48. The van der Waals surface area contributed by atoms with E-state index in [9.17, 15) is 4.79 Å². The average Bonchev–Trinajstić information content (AvgIpc) is 2.48. The molecule has 0 radical (unpaired) electrons. The van der Waals surface area contributed by atoms with E-state index in [1.165, 1.54) is 19.3 Å². The Kier molecular flexibility index (Phi) is 10.7. The summed E-state index contributed by atoms with van der Waals surface area (Å²) in [6.45, 7) is 6.39. The number of piperidine rings is 2. The minimum absolute atomic E-state index is 0. The van der Waals surface area contributed by atoms with Crippen LogP contribution in [-0.4, -0.2) is 62.0 Å². The van der Waals surface area contributed by atoms with Gasteiger partial charge < -0.3 is 15.1 Å². The second-order valence-electron chi connectivity index (χ2n) is 6.87. The van der Waals surface area contributed by atoms with E-state index >= 15 is 0 Å². The summed E-state index contributed by atoms with van der Waals surface area (Å²) >= 11 is 0. The summed E-state index contributed by atoms with van der Waals surface area (Å²) in [6.07, 6.45) is 5.57. The van der Waals surface area contributed by atoms with Gasteiger partial charge in [0.25, 0.3) is 0 Å². The van der Waals surface area contributed by atoms with Gasteiger partial charge in [-0.3, -0.25) is 4.79 Å². The number of carbonyl (C=O) groups excluding carboxylic acids is 1. The molecule has 0 saturated carbocycles. The van der Waals surface area contributed by atoms with Crippen molar-refractivity contribution in [2.75, 3.05) is 40.3 Å². The molecule has 2 aliphatic heterocycles. The molecule has 0 bridgehead atoms. The lowest BCUT2D eigenvalue weighted by molar-refractivity contribution is -0.134. The van der Waals surface area contributed by atoms with E-state index in [1.54, 1.807) is 0 Å². The number of rotatable bonds is 4. The molecular formula is C16H33Cl2N3O. The van der Waals surface area contributed by atoms with E-state index in [0.29, 0.717) is 17.9 Å². The van der Waals surface area contributed by atoms with Crippen LogP contribution >= 0.6 is 24.8 Å². The maximum Gasteiger partial charge on any atom is 0.222 e. The highest BCUT2D eigenvalue weighted by atomic mass is 35.5. The van der Waals surface area contributed by atoms with Gasteiger partial charge in [-0.25, -0.2) is 0 Å². The number of amides is 1. The fraction of sp³-hybridized carbons (Fsp3) is 0.938. The van der Waals surface area contributed by atoms with Gasteiger partial charge in [-0.1, -0.05) is 6.92 Å². The van der Waals surface area contributed by atoms with E-state index in [2.05, 4.69) is 36.1 Å². The molecule has 2 unspecified atom stereocenters. The monoisotopic (exact) mass is 353 g/mol. The van der Waals surface area contributed by atoms with Crippen LogP contribution in [0.4, 0.5) is 0 Å². The first-order valence-electron chi connectivity index (χ1n) is 8.23. The number of likely N-dealkylation sites (tertiary alicyclic amines) is 1. The number of nitrogens with zero attached hydrogens (tertiary/aromatic N) is 2. The zero-order valence-electron chi connectivity index (χ0n) is 14.2. The quantitative estimate of drug-likeness (QED) is 0.842. The van der Waals surface area contributed by atoms with Crippen molar-refractivity contribution in [3.63, 3.8) is 0 Å².